The van der Waals surface area contributed by atoms with Crippen LogP contribution in [-0.2, 0) is 6.42 Å². The number of imidazole rings is 1. The summed E-state index contributed by atoms with van der Waals surface area (Å²) < 4.78 is 15.3. The van der Waals surface area contributed by atoms with Gasteiger partial charge in [-0.15, -0.1) is 0 Å². The summed E-state index contributed by atoms with van der Waals surface area (Å²) in [5, 5.41) is 0. The summed E-state index contributed by atoms with van der Waals surface area (Å²) in [5.41, 5.74) is 3.69. The van der Waals surface area contributed by atoms with E-state index in [2.05, 4.69) is 15.0 Å². The molecule has 0 fully saturated rings. The van der Waals surface area contributed by atoms with Crippen molar-refractivity contribution >= 4 is 11.0 Å². The number of hydrogen-bond acceptors (Lipinski definition) is 3. The maximum absolute atomic E-state index is 13.4. The second kappa shape index (κ2) is 6.55. The van der Waals surface area contributed by atoms with Gasteiger partial charge >= 0.3 is 0 Å². The SMILES string of the molecule is CCc1nc2cc(C(c3ccc(F)cc3)n3ccnc3)ccc2[nH]c1=O. The van der Waals surface area contributed by atoms with E-state index in [9.17, 15) is 9.18 Å². The van der Waals surface area contributed by atoms with Crippen LogP contribution in [0.25, 0.3) is 11.0 Å². The molecule has 0 aliphatic carbocycles. The second-order valence-electron chi connectivity index (χ2n) is 6.11. The maximum Gasteiger partial charge on any atom is 0.270 e. The van der Waals surface area contributed by atoms with Crippen molar-refractivity contribution < 1.29 is 4.39 Å². The Kier molecular flexibility index (Phi) is 4.08. The fraction of sp³-hybridized carbons (Fsp3) is 0.150. The number of aryl methyl sites for hydroxylation is 1. The summed E-state index contributed by atoms with van der Waals surface area (Å²) in [5.74, 6) is -0.275. The van der Waals surface area contributed by atoms with E-state index in [4.69, 9.17) is 0 Å². The standard InChI is InChI=1S/C20H17FN4O/c1-2-16-20(26)24-17-8-5-14(11-18(17)23-16)19(25-10-9-22-12-25)13-3-6-15(21)7-4-13/h3-12,19H,2H2,1H3,(H,24,26). The van der Waals surface area contributed by atoms with Gasteiger partial charge in [0.25, 0.3) is 5.56 Å². The monoisotopic (exact) mass is 348 g/mol. The third-order valence-corrected chi connectivity index (χ3v) is 4.45. The van der Waals surface area contributed by atoms with Crippen LogP contribution in [0.5, 0.6) is 0 Å². The molecule has 0 saturated carbocycles. The molecule has 0 bridgehead atoms. The minimum absolute atomic E-state index is 0.155. The highest BCUT2D eigenvalue weighted by molar-refractivity contribution is 5.75. The van der Waals surface area contributed by atoms with E-state index < -0.39 is 0 Å². The number of fused-ring (bicyclic) bond motifs is 1. The van der Waals surface area contributed by atoms with Crippen LogP contribution in [0.1, 0.15) is 29.8 Å². The van der Waals surface area contributed by atoms with Crippen LogP contribution in [0.2, 0.25) is 0 Å². The highest BCUT2D eigenvalue weighted by atomic mass is 19.1. The van der Waals surface area contributed by atoms with Gasteiger partial charge < -0.3 is 9.55 Å². The number of nitrogens with zero attached hydrogens (tertiary/aromatic N) is 3. The van der Waals surface area contributed by atoms with Crippen LogP contribution in [0.3, 0.4) is 0 Å². The predicted molar refractivity (Wildman–Crippen MR) is 97.6 cm³/mol. The van der Waals surface area contributed by atoms with Crippen molar-refractivity contribution in [2.45, 2.75) is 19.4 Å². The molecule has 2 aromatic heterocycles. The first kappa shape index (κ1) is 16.2. The minimum Gasteiger partial charge on any atom is -0.326 e. The second-order valence-corrected chi connectivity index (χ2v) is 6.11. The summed E-state index contributed by atoms with van der Waals surface area (Å²) in [6.45, 7) is 1.90. The van der Waals surface area contributed by atoms with Crippen molar-refractivity contribution in [1.29, 1.82) is 0 Å². The molecule has 0 saturated heterocycles. The van der Waals surface area contributed by atoms with Gasteiger partial charge in [-0.05, 0) is 41.8 Å². The Bertz CT molecular complexity index is 1100. The van der Waals surface area contributed by atoms with E-state index in [0.29, 0.717) is 17.6 Å². The molecule has 2 heterocycles. The predicted octanol–water partition coefficient (Wildman–Crippen LogP) is 3.46. The Morgan fingerprint density at radius 3 is 2.62 bits per heavy atom. The van der Waals surface area contributed by atoms with Crippen LogP contribution in [0, 0.1) is 5.82 Å². The molecule has 0 aliphatic rings. The summed E-state index contributed by atoms with van der Waals surface area (Å²) in [6, 6.07) is 12.0. The van der Waals surface area contributed by atoms with E-state index in [1.165, 1.54) is 12.1 Å². The lowest BCUT2D eigenvalue weighted by molar-refractivity contribution is 0.622. The van der Waals surface area contributed by atoms with Crippen LogP contribution < -0.4 is 5.56 Å². The Balaban J connectivity index is 1.89. The van der Waals surface area contributed by atoms with Gasteiger partial charge in [-0.3, -0.25) is 4.79 Å². The molecule has 1 atom stereocenters. The Labute approximate surface area is 149 Å². The Morgan fingerprint density at radius 1 is 1.15 bits per heavy atom. The van der Waals surface area contributed by atoms with Gasteiger partial charge in [0, 0.05) is 12.4 Å². The van der Waals surface area contributed by atoms with E-state index in [1.54, 1.807) is 24.7 Å². The van der Waals surface area contributed by atoms with Crippen molar-refractivity contribution in [3.05, 3.63) is 94.2 Å². The van der Waals surface area contributed by atoms with Gasteiger partial charge in [-0.25, -0.2) is 14.4 Å². The molecule has 1 N–H and O–H groups in total. The fourth-order valence-corrected chi connectivity index (χ4v) is 3.15. The lowest BCUT2D eigenvalue weighted by Crippen LogP contribution is -2.15. The maximum atomic E-state index is 13.4. The largest absolute Gasteiger partial charge is 0.326 e. The molecular weight excluding hydrogens is 331 g/mol. The highest BCUT2D eigenvalue weighted by Gasteiger charge is 2.17. The zero-order valence-electron chi connectivity index (χ0n) is 14.2. The molecule has 5 nitrogen and oxygen atoms in total. The molecule has 0 spiro atoms. The number of aromatic nitrogens is 4. The van der Waals surface area contributed by atoms with Crippen molar-refractivity contribution in [3.63, 3.8) is 0 Å². The number of halogens is 1. The lowest BCUT2D eigenvalue weighted by atomic mass is 9.98. The molecule has 6 heteroatoms. The molecular formula is C20H17FN4O. The number of nitrogens with one attached hydrogen (secondary N) is 1. The molecule has 1 unspecified atom stereocenters. The molecule has 0 aliphatic heterocycles. The van der Waals surface area contributed by atoms with Gasteiger partial charge in [0.05, 0.1) is 23.4 Å². The first-order valence-electron chi connectivity index (χ1n) is 8.41. The molecule has 4 rings (SSSR count). The first-order chi connectivity index (χ1) is 12.7. The van der Waals surface area contributed by atoms with Crippen molar-refractivity contribution in [2.75, 3.05) is 0 Å². The Hall–Kier alpha value is -3.28. The Morgan fingerprint density at radius 2 is 1.92 bits per heavy atom. The lowest BCUT2D eigenvalue weighted by Gasteiger charge is -2.20. The van der Waals surface area contributed by atoms with Gasteiger partial charge in [0.1, 0.15) is 11.5 Å². The zero-order chi connectivity index (χ0) is 18.1. The third kappa shape index (κ3) is 2.90. The fourth-order valence-electron chi connectivity index (χ4n) is 3.15. The summed E-state index contributed by atoms with van der Waals surface area (Å²) >= 11 is 0. The topological polar surface area (TPSA) is 63.6 Å². The van der Waals surface area contributed by atoms with E-state index >= 15 is 0 Å². The minimum atomic E-state index is -0.275. The number of hydrogen-bond donors (Lipinski definition) is 1. The molecule has 130 valence electrons. The molecule has 2 aromatic carbocycles. The van der Waals surface area contributed by atoms with Gasteiger partial charge in [-0.1, -0.05) is 25.1 Å². The number of H-pyrrole nitrogens is 1. The van der Waals surface area contributed by atoms with Crippen molar-refractivity contribution in [2.24, 2.45) is 0 Å². The number of rotatable bonds is 4. The van der Waals surface area contributed by atoms with Crippen LogP contribution >= 0.6 is 0 Å². The molecule has 26 heavy (non-hydrogen) atoms. The summed E-state index contributed by atoms with van der Waals surface area (Å²) in [7, 11) is 0. The molecule has 4 aromatic rings. The summed E-state index contributed by atoms with van der Waals surface area (Å²) in [6.07, 6.45) is 5.88. The normalized spacial score (nSPS) is 12.4. The van der Waals surface area contributed by atoms with Gasteiger partial charge in [0.15, 0.2) is 0 Å². The number of aromatic amines is 1. The van der Waals surface area contributed by atoms with E-state index in [1.807, 2.05) is 35.9 Å². The van der Waals surface area contributed by atoms with Gasteiger partial charge in [0.2, 0.25) is 0 Å². The van der Waals surface area contributed by atoms with Crippen LogP contribution in [0.15, 0.2) is 66.0 Å². The quantitative estimate of drug-likeness (QED) is 0.614. The smallest absolute Gasteiger partial charge is 0.270 e. The van der Waals surface area contributed by atoms with Crippen molar-refractivity contribution in [3.8, 4) is 0 Å². The third-order valence-electron chi connectivity index (χ3n) is 4.45. The van der Waals surface area contributed by atoms with Gasteiger partial charge in [-0.2, -0.15) is 0 Å². The van der Waals surface area contributed by atoms with Crippen molar-refractivity contribution in [1.82, 2.24) is 19.5 Å². The van der Waals surface area contributed by atoms with Crippen LogP contribution in [-0.4, -0.2) is 19.5 Å². The number of benzene rings is 2. The average molecular weight is 348 g/mol. The molecule has 0 amide bonds. The van der Waals surface area contributed by atoms with E-state index in [0.717, 1.165) is 16.6 Å². The molecule has 0 radical (unpaired) electrons. The van der Waals surface area contributed by atoms with Crippen LogP contribution in [0.4, 0.5) is 4.39 Å². The van der Waals surface area contributed by atoms with E-state index in [-0.39, 0.29) is 17.4 Å². The first-order valence-corrected chi connectivity index (χ1v) is 8.41. The average Bonchev–Trinajstić information content (AvgIpc) is 3.17. The summed E-state index contributed by atoms with van der Waals surface area (Å²) in [4.78, 5) is 23.5. The zero-order valence-corrected chi connectivity index (χ0v) is 14.2. The highest BCUT2D eigenvalue weighted by Crippen LogP contribution is 2.28.